The van der Waals surface area contributed by atoms with Gasteiger partial charge in [-0.05, 0) is 17.8 Å². The molecule has 0 aromatic rings. The van der Waals surface area contributed by atoms with E-state index in [-0.39, 0.29) is 17.4 Å². The van der Waals surface area contributed by atoms with Crippen LogP contribution in [0.2, 0.25) is 0 Å². The third-order valence-electron chi connectivity index (χ3n) is 1.85. The van der Waals surface area contributed by atoms with Crippen LogP contribution in [0.5, 0.6) is 0 Å². The minimum Gasteiger partial charge on any atom is -0.354 e. The van der Waals surface area contributed by atoms with Gasteiger partial charge in [-0.1, -0.05) is 34.6 Å². The van der Waals surface area contributed by atoms with E-state index in [2.05, 4.69) is 39.9 Å². The average Bonchev–Trinajstić information content (AvgIpc) is 1.96. The minimum atomic E-state index is -0.381. The van der Waals surface area contributed by atoms with Gasteiger partial charge >= 0.3 is 0 Å². The lowest BCUT2D eigenvalue weighted by Crippen LogP contribution is -2.43. The van der Waals surface area contributed by atoms with Crippen molar-refractivity contribution in [3.8, 4) is 0 Å². The Morgan fingerprint density at radius 2 is 1.86 bits per heavy atom. The second-order valence-corrected chi connectivity index (χ2v) is 5.51. The molecule has 0 rings (SSSR count). The van der Waals surface area contributed by atoms with Crippen molar-refractivity contribution in [2.75, 3.05) is 6.54 Å². The summed E-state index contributed by atoms with van der Waals surface area (Å²) >= 11 is 0. The van der Waals surface area contributed by atoms with Crippen molar-refractivity contribution in [2.45, 2.75) is 47.1 Å². The molecule has 3 nitrogen and oxygen atoms in total. The molecule has 0 saturated carbocycles. The molecule has 84 valence electrons. The zero-order valence-electron chi connectivity index (χ0n) is 10.1. The summed E-state index contributed by atoms with van der Waals surface area (Å²) in [6.07, 6.45) is 0.719. The monoisotopic (exact) mass is 200 g/mol. The van der Waals surface area contributed by atoms with E-state index in [0.29, 0.717) is 12.5 Å². The second-order valence-electron chi connectivity index (χ2n) is 5.51. The molecule has 0 heterocycles. The fraction of sp³-hybridized carbons (Fsp3) is 0.909. The molecule has 0 spiro atoms. The van der Waals surface area contributed by atoms with Crippen LogP contribution in [-0.4, -0.2) is 18.5 Å². The topological polar surface area (TPSA) is 55.1 Å². The summed E-state index contributed by atoms with van der Waals surface area (Å²) in [6, 6.07) is -0.381. The fourth-order valence-corrected chi connectivity index (χ4v) is 1.19. The molecular weight excluding hydrogens is 176 g/mol. The molecule has 14 heavy (non-hydrogen) atoms. The molecule has 1 atom stereocenters. The van der Waals surface area contributed by atoms with E-state index in [0.717, 1.165) is 6.42 Å². The number of rotatable bonds is 4. The zero-order valence-corrected chi connectivity index (χ0v) is 10.1. The molecule has 0 saturated heterocycles. The number of amides is 1. The third-order valence-corrected chi connectivity index (χ3v) is 1.85. The lowest BCUT2D eigenvalue weighted by molar-refractivity contribution is -0.123. The molecule has 1 amide bonds. The van der Waals surface area contributed by atoms with E-state index >= 15 is 0 Å². The summed E-state index contributed by atoms with van der Waals surface area (Å²) in [7, 11) is 0. The smallest absolute Gasteiger partial charge is 0.236 e. The van der Waals surface area contributed by atoms with Gasteiger partial charge in [0.1, 0.15) is 0 Å². The van der Waals surface area contributed by atoms with Gasteiger partial charge in [-0.25, -0.2) is 0 Å². The van der Waals surface area contributed by atoms with Gasteiger partial charge in [0, 0.05) is 6.54 Å². The van der Waals surface area contributed by atoms with Crippen LogP contribution in [0.1, 0.15) is 41.0 Å². The van der Waals surface area contributed by atoms with Crippen LogP contribution >= 0.6 is 0 Å². The number of nitrogens with one attached hydrogen (secondary N) is 1. The molecule has 0 aliphatic carbocycles. The Kier molecular flexibility index (Phi) is 5.13. The van der Waals surface area contributed by atoms with Crippen molar-refractivity contribution in [3.63, 3.8) is 0 Å². The maximum absolute atomic E-state index is 11.5. The molecule has 0 radical (unpaired) electrons. The Labute approximate surface area is 87.4 Å². The molecule has 3 N–H and O–H groups in total. The van der Waals surface area contributed by atoms with E-state index in [1.165, 1.54) is 0 Å². The Balaban J connectivity index is 3.88. The first-order chi connectivity index (χ1) is 6.22. The third kappa shape index (κ3) is 6.89. The van der Waals surface area contributed by atoms with Gasteiger partial charge in [-0.2, -0.15) is 0 Å². The lowest BCUT2D eigenvalue weighted by Gasteiger charge is -2.22. The van der Waals surface area contributed by atoms with Gasteiger partial charge in [0.2, 0.25) is 5.91 Å². The molecule has 0 aromatic heterocycles. The number of hydrogen-bond donors (Lipinski definition) is 2. The maximum atomic E-state index is 11.5. The van der Waals surface area contributed by atoms with Gasteiger partial charge in [-0.15, -0.1) is 0 Å². The van der Waals surface area contributed by atoms with E-state index in [9.17, 15) is 4.79 Å². The first-order valence-electron chi connectivity index (χ1n) is 5.25. The summed E-state index contributed by atoms with van der Waals surface area (Å²) < 4.78 is 0. The SMILES string of the molecule is CC(C)CNC(=O)C(N)CC(C)(C)C. The second kappa shape index (κ2) is 5.35. The fourth-order valence-electron chi connectivity index (χ4n) is 1.19. The number of carbonyl (C=O) groups excluding carboxylic acids is 1. The Morgan fingerprint density at radius 1 is 1.36 bits per heavy atom. The van der Waals surface area contributed by atoms with Crippen molar-refractivity contribution in [1.29, 1.82) is 0 Å². The van der Waals surface area contributed by atoms with E-state index in [4.69, 9.17) is 5.73 Å². The molecule has 0 aromatic carbocycles. The van der Waals surface area contributed by atoms with Crippen LogP contribution in [0.25, 0.3) is 0 Å². The van der Waals surface area contributed by atoms with Crippen molar-refractivity contribution >= 4 is 5.91 Å². The van der Waals surface area contributed by atoms with E-state index in [1.807, 2.05) is 0 Å². The molecular formula is C11H24N2O. The first-order valence-corrected chi connectivity index (χ1v) is 5.25. The van der Waals surface area contributed by atoms with E-state index < -0.39 is 0 Å². The van der Waals surface area contributed by atoms with Crippen molar-refractivity contribution in [1.82, 2.24) is 5.32 Å². The molecule has 0 fully saturated rings. The molecule has 0 bridgehead atoms. The normalized spacial score (nSPS) is 14.2. The highest BCUT2D eigenvalue weighted by atomic mass is 16.2. The number of hydrogen-bond acceptors (Lipinski definition) is 2. The van der Waals surface area contributed by atoms with Gasteiger partial charge in [0.25, 0.3) is 0 Å². The minimum absolute atomic E-state index is 0.0337. The standard InChI is InChI=1S/C11H24N2O/c1-8(2)7-13-10(14)9(12)6-11(3,4)5/h8-9H,6-7,12H2,1-5H3,(H,13,14). The van der Waals surface area contributed by atoms with Gasteiger partial charge in [0.05, 0.1) is 6.04 Å². The van der Waals surface area contributed by atoms with Crippen LogP contribution in [0.3, 0.4) is 0 Å². The summed E-state index contributed by atoms with van der Waals surface area (Å²) in [4.78, 5) is 11.5. The van der Waals surface area contributed by atoms with Crippen LogP contribution < -0.4 is 11.1 Å². The van der Waals surface area contributed by atoms with Crippen LogP contribution in [-0.2, 0) is 4.79 Å². The van der Waals surface area contributed by atoms with Gasteiger partial charge in [0.15, 0.2) is 0 Å². The van der Waals surface area contributed by atoms with Gasteiger partial charge < -0.3 is 11.1 Å². The largest absolute Gasteiger partial charge is 0.354 e. The highest BCUT2D eigenvalue weighted by Gasteiger charge is 2.20. The predicted octanol–water partition coefficient (Wildman–Crippen LogP) is 1.52. The van der Waals surface area contributed by atoms with Crippen LogP contribution in [0.15, 0.2) is 0 Å². The van der Waals surface area contributed by atoms with Gasteiger partial charge in [-0.3, -0.25) is 4.79 Å². The van der Waals surface area contributed by atoms with Crippen LogP contribution in [0, 0.1) is 11.3 Å². The Hall–Kier alpha value is -0.570. The molecule has 1 unspecified atom stereocenters. The number of carbonyl (C=O) groups is 1. The molecule has 0 aliphatic rings. The summed E-state index contributed by atoms with van der Waals surface area (Å²) in [5, 5.41) is 2.84. The van der Waals surface area contributed by atoms with E-state index in [1.54, 1.807) is 0 Å². The lowest BCUT2D eigenvalue weighted by atomic mass is 9.88. The van der Waals surface area contributed by atoms with Crippen molar-refractivity contribution in [2.24, 2.45) is 17.1 Å². The first kappa shape index (κ1) is 13.4. The summed E-state index contributed by atoms with van der Waals surface area (Å²) in [5.74, 6) is 0.439. The summed E-state index contributed by atoms with van der Waals surface area (Å²) in [5.41, 5.74) is 5.88. The average molecular weight is 200 g/mol. The highest BCUT2D eigenvalue weighted by molar-refractivity contribution is 5.81. The van der Waals surface area contributed by atoms with Crippen molar-refractivity contribution in [3.05, 3.63) is 0 Å². The quantitative estimate of drug-likeness (QED) is 0.723. The summed E-state index contributed by atoms with van der Waals surface area (Å²) in [6.45, 7) is 11.1. The molecule has 0 aliphatic heterocycles. The molecule has 3 heteroatoms. The van der Waals surface area contributed by atoms with Crippen molar-refractivity contribution < 1.29 is 4.79 Å². The zero-order chi connectivity index (χ0) is 11.4. The Morgan fingerprint density at radius 3 is 2.21 bits per heavy atom. The number of nitrogens with two attached hydrogens (primary N) is 1. The predicted molar refractivity (Wildman–Crippen MR) is 59.9 cm³/mol. The maximum Gasteiger partial charge on any atom is 0.236 e. The highest BCUT2D eigenvalue weighted by Crippen LogP contribution is 2.19. The Bertz CT molecular complexity index is 182. The van der Waals surface area contributed by atoms with Crippen LogP contribution in [0.4, 0.5) is 0 Å².